The van der Waals surface area contributed by atoms with E-state index in [0.29, 0.717) is 18.2 Å². The molecule has 0 unspecified atom stereocenters. The third-order valence-electron chi connectivity index (χ3n) is 2.88. The fourth-order valence-corrected chi connectivity index (χ4v) is 2.09. The van der Waals surface area contributed by atoms with Gasteiger partial charge in [0.25, 0.3) is 0 Å². The van der Waals surface area contributed by atoms with E-state index in [9.17, 15) is 4.79 Å². The summed E-state index contributed by atoms with van der Waals surface area (Å²) in [7, 11) is 0. The second kappa shape index (κ2) is 4.35. The highest BCUT2D eigenvalue weighted by Crippen LogP contribution is 2.26. The molecule has 1 aliphatic rings. The summed E-state index contributed by atoms with van der Waals surface area (Å²) in [4.78, 5) is 15.5. The lowest BCUT2D eigenvalue weighted by Gasteiger charge is -2.19. The van der Waals surface area contributed by atoms with E-state index in [1.54, 1.807) is 0 Å². The number of Topliss-reactive ketones (excluding diaryl/α,β-unsaturated/α-hetero) is 1. The van der Waals surface area contributed by atoms with Crippen molar-refractivity contribution in [1.82, 2.24) is 15.2 Å². The van der Waals surface area contributed by atoms with Crippen LogP contribution >= 0.6 is 0 Å². The Labute approximate surface area is 83.1 Å². The molecule has 1 aromatic rings. The van der Waals surface area contributed by atoms with Crippen molar-refractivity contribution in [2.75, 3.05) is 0 Å². The van der Waals surface area contributed by atoms with Crippen molar-refractivity contribution in [3.05, 3.63) is 12.2 Å². The topological polar surface area (TPSA) is 58.6 Å². The largest absolute Gasteiger partial charge is 0.291 e. The van der Waals surface area contributed by atoms with Crippen molar-refractivity contribution in [1.29, 1.82) is 0 Å². The van der Waals surface area contributed by atoms with E-state index < -0.39 is 0 Å². The smallest absolute Gasteiger partial charge is 0.199 e. The summed E-state index contributed by atoms with van der Waals surface area (Å²) < 4.78 is 0. The van der Waals surface area contributed by atoms with E-state index in [2.05, 4.69) is 15.2 Å². The first-order chi connectivity index (χ1) is 6.86. The van der Waals surface area contributed by atoms with Crippen LogP contribution in [0.25, 0.3) is 0 Å². The van der Waals surface area contributed by atoms with Crippen LogP contribution in [0.5, 0.6) is 0 Å². The van der Waals surface area contributed by atoms with Gasteiger partial charge in [0.1, 0.15) is 6.33 Å². The van der Waals surface area contributed by atoms with Gasteiger partial charge in [-0.15, -0.1) is 0 Å². The summed E-state index contributed by atoms with van der Waals surface area (Å²) in [5.74, 6) is 1.09. The van der Waals surface area contributed by atoms with Crippen LogP contribution in [-0.2, 0) is 0 Å². The zero-order valence-electron chi connectivity index (χ0n) is 8.20. The Morgan fingerprint density at radius 2 is 2.21 bits per heavy atom. The molecular formula is C10H15N3O. The quantitative estimate of drug-likeness (QED) is 0.746. The van der Waals surface area contributed by atoms with Gasteiger partial charge in [0, 0.05) is 6.42 Å². The van der Waals surface area contributed by atoms with E-state index >= 15 is 0 Å². The third kappa shape index (κ3) is 2.19. The molecule has 1 aromatic heterocycles. The van der Waals surface area contributed by atoms with Crippen molar-refractivity contribution in [2.24, 2.45) is 5.92 Å². The second-order valence-corrected chi connectivity index (χ2v) is 3.97. The highest BCUT2D eigenvalue weighted by molar-refractivity contribution is 5.92. The predicted octanol–water partition coefficient (Wildman–Crippen LogP) is 1.96. The number of rotatable bonds is 3. The van der Waals surface area contributed by atoms with Crippen molar-refractivity contribution in [3.63, 3.8) is 0 Å². The first-order valence-electron chi connectivity index (χ1n) is 5.25. The maximum Gasteiger partial charge on any atom is 0.199 e. The Hall–Kier alpha value is -1.19. The minimum atomic E-state index is 0.106. The van der Waals surface area contributed by atoms with Crippen LogP contribution in [0.4, 0.5) is 0 Å². The summed E-state index contributed by atoms with van der Waals surface area (Å²) >= 11 is 0. The van der Waals surface area contributed by atoms with Crippen LogP contribution in [0.15, 0.2) is 6.33 Å². The van der Waals surface area contributed by atoms with Crippen LogP contribution in [-0.4, -0.2) is 21.0 Å². The molecule has 0 radical (unpaired) electrons. The van der Waals surface area contributed by atoms with Gasteiger partial charge < -0.3 is 0 Å². The van der Waals surface area contributed by atoms with Gasteiger partial charge in [-0.25, -0.2) is 4.98 Å². The Kier molecular flexibility index (Phi) is 2.91. The summed E-state index contributed by atoms with van der Waals surface area (Å²) in [6.45, 7) is 0. The second-order valence-electron chi connectivity index (χ2n) is 3.97. The zero-order valence-corrected chi connectivity index (χ0v) is 8.20. The number of nitrogens with zero attached hydrogens (tertiary/aromatic N) is 2. The lowest BCUT2D eigenvalue weighted by atomic mass is 9.86. The van der Waals surface area contributed by atoms with Crippen molar-refractivity contribution < 1.29 is 4.79 Å². The van der Waals surface area contributed by atoms with Gasteiger partial charge in [0.15, 0.2) is 11.6 Å². The Morgan fingerprint density at radius 3 is 2.86 bits per heavy atom. The van der Waals surface area contributed by atoms with Gasteiger partial charge in [0.2, 0.25) is 0 Å². The van der Waals surface area contributed by atoms with Gasteiger partial charge in [-0.1, -0.05) is 32.1 Å². The van der Waals surface area contributed by atoms with Crippen molar-refractivity contribution in [3.8, 4) is 0 Å². The van der Waals surface area contributed by atoms with Gasteiger partial charge in [-0.3, -0.25) is 9.89 Å². The van der Waals surface area contributed by atoms with Crippen LogP contribution in [0, 0.1) is 5.92 Å². The molecule has 2 rings (SSSR count). The summed E-state index contributed by atoms with van der Waals surface area (Å²) in [5, 5.41) is 6.30. The van der Waals surface area contributed by atoms with Crippen LogP contribution in [0.3, 0.4) is 0 Å². The monoisotopic (exact) mass is 193 g/mol. The molecule has 0 atom stereocenters. The highest BCUT2D eigenvalue weighted by Gasteiger charge is 2.19. The zero-order chi connectivity index (χ0) is 9.80. The van der Waals surface area contributed by atoms with E-state index in [1.165, 1.54) is 38.4 Å². The van der Waals surface area contributed by atoms with Gasteiger partial charge in [-0.05, 0) is 5.92 Å². The number of aromatic amines is 1. The fourth-order valence-electron chi connectivity index (χ4n) is 2.09. The molecule has 0 saturated heterocycles. The number of H-pyrrole nitrogens is 1. The molecule has 4 nitrogen and oxygen atoms in total. The van der Waals surface area contributed by atoms with E-state index in [-0.39, 0.29) is 5.78 Å². The molecule has 0 bridgehead atoms. The predicted molar refractivity (Wildman–Crippen MR) is 51.9 cm³/mol. The highest BCUT2D eigenvalue weighted by atomic mass is 16.1. The normalized spacial score (nSPS) is 18.3. The minimum absolute atomic E-state index is 0.106. The number of hydrogen-bond donors (Lipinski definition) is 1. The summed E-state index contributed by atoms with van der Waals surface area (Å²) in [5.41, 5.74) is 0. The molecular weight excluding hydrogens is 178 g/mol. The molecule has 1 aliphatic carbocycles. The number of ketones is 1. The molecule has 1 saturated carbocycles. The Balaban J connectivity index is 1.87. The summed E-state index contributed by atoms with van der Waals surface area (Å²) in [6, 6.07) is 0. The maximum absolute atomic E-state index is 11.6. The third-order valence-corrected chi connectivity index (χ3v) is 2.88. The van der Waals surface area contributed by atoms with Crippen LogP contribution in [0.2, 0.25) is 0 Å². The molecule has 1 fully saturated rings. The first-order valence-corrected chi connectivity index (χ1v) is 5.25. The van der Waals surface area contributed by atoms with Crippen molar-refractivity contribution in [2.45, 2.75) is 38.5 Å². The molecule has 1 heterocycles. The van der Waals surface area contributed by atoms with Crippen LogP contribution in [0.1, 0.15) is 49.1 Å². The van der Waals surface area contributed by atoms with Gasteiger partial charge in [-0.2, -0.15) is 5.10 Å². The summed E-state index contributed by atoms with van der Waals surface area (Å²) in [6.07, 6.45) is 8.28. The maximum atomic E-state index is 11.6. The average Bonchev–Trinajstić information content (AvgIpc) is 2.72. The van der Waals surface area contributed by atoms with E-state index in [0.717, 1.165) is 0 Å². The molecule has 1 N–H and O–H groups in total. The molecule has 0 aliphatic heterocycles. The number of hydrogen-bond acceptors (Lipinski definition) is 3. The lowest BCUT2D eigenvalue weighted by molar-refractivity contribution is 0.0940. The average molecular weight is 193 g/mol. The standard InChI is InChI=1S/C10H15N3O/c14-9(10-11-7-12-13-10)6-8-4-2-1-3-5-8/h7-8H,1-6H2,(H,11,12,13). The van der Waals surface area contributed by atoms with E-state index in [4.69, 9.17) is 0 Å². The molecule has 0 spiro atoms. The molecule has 0 amide bonds. The molecule has 4 heteroatoms. The number of carbonyl (C=O) groups excluding carboxylic acids is 1. The first kappa shape index (κ1) is 9.37. The SMILES string of the molecule is O=C(CC1CCCCC1)c1ncn[nH]1. The number of nitrogens with one attached hydrogen (secondary N) is 1. The fraction of sp³-hybridized carbons (Fsp3) is 0.700. The minimum Gasteiger partial charge on any atom is -0.291 e. The Morgan fingerprint density at radius 1 is 1.43 bits per heavy atom. The molecule has 76 valence electrons. The van der Waals surface area contributed by atoms with Gasteiger partial charge in [0.05, 0.1) is 0 Å². The van der Waals surface area contributed by atoms with Crippen molar-refractivity contribution >= 4 is 5.78 Å². The Bertz CT molecular complexity index is 288. The number of carbonyl (C=O) groups is 1. The van der Waals surface area contributed by atoms with Crippen LogP contribution < -0.4 is 0 Å². The van der Waals surface area contributed by atoms with E-state index in [1.807, 2.05) is 0 Å². The lowest BCUT2D eigenvalue weighted by Crippen LogP contribution is -2.13. The molecule has 0 aromatic carbocycles. The molecule has 14 heavy (non-hydrogen) atoms. The van der Waals surface area contributed by atoms with Gasteiger partial charge >= 0.3 is 0 Å². The number of aromatic nitrogens is 3.